The Bertz CT molecular complexity index is 2180. The normalized spacial score (nSPS) is 15.4. The van der Waals surface area contributed by atoms with Crippen molar-refractivity contribution in [2.24, 2.45) is 11.3 Å². The maximum atomic E-state index is 14.4. The molecule has 260 valence electrons. The lowest BCUT2D eigenvalue weighted by Crippen LogP contribution is -2.28. The van der Waals surface area contributed by atoms with Crippen molar-refractivity contribution in [2.75, 3.05) is 21.3 Å². The monoisotopic (exact) mass is 675 g/mol. The Morgan fingerprint density at radius 3 is 2.30 bits per heavy atom. The van der Waals surface area contributed by atoms with Gasteiger partial charge in [-0.1, -0.05) is 52.8 Å². The summed E-state index contributed by atoms with van der Waals surface area (Å²) in [5.41, 5.74) is 7.42. The van der Waals surface area contributed by atoms with Gasteiger partial charge in [-0.2, -0.15) is 0 Å². The van der Waals surface area contributed by atoms with Crippen LogP contribution in [0.5, 0.6) is 17.2 Å². The van der Waals surface area contributed by atoms with Gasteiger partial charge in [0.25, 0.3) is 0 Å². The van der Waals surface area contributed by atoms with E-state index in [1.54, 1.807) is 21.3 Å². The second kappa shape index (κ2) is 13.7. The number of allylic oxidation sites excluding steroid dienone is 1. The first-order valence-electron chi connectivity index (χ1n) is 17.0. The lowest BCUT2D eigenvalue weighted by molar-refractivity contribution is 0.0473. The molecule has 8 nitrogen and oxygen atoms in total. The fourth-order valence-corrected chi connectivity index (χ4v) is 7.10. The van der Waals surface area contributed by atoms with Crippen molar-refractivity contribution in [3.05, 3.63) is 104 Å². The molecule has 0 fully saturated rings. The van der Waals surface area contributed by atoms with Gasteiger partial charge < -0.3 is 23.4 Å². The van der Waals surface area contributed by atoms with Gasteiger partial charge in [0.05, 0.1) is 38.1 Å². The second-order valence-corrected chi connectivity index (χ2v) is 14.5. The van der Waals surface area contributed by atoms with E-state index in [2.05, 4.69) is 40.7 Å². The van der Waals surface area contributed by atoms with Crippen molar-refractivity contribution in [2.45, 2.75) is 66.9 Å². The minimum atomic E-state index is -0.485. The van der Waals surface area contributed by atoms with E-state index in [9.17, 15) is 9.59 Å². The number of aryl methyl sites for hydroxylation is 1. The summed E-state index contributed by atoms with van der Waals surface area (Å²) in [5.74, 6) is 1.64. The van der Waals surface area contributed by atoms with Crippen molar-refractivity contribution >= 4 is 39.5 Å². The SMILES string of the molecule is COc1cc(/C=C2/CC(C(C)(C)C)Cc3c2nc2ccccc2c3C(=O)OCc2cc(=O)oc3cc(C)c(C(C)C)cc23)cc(OC)c1OC. The highest BCUT2D eigenvalue weighted by molar-refractivity contribution is 6.07. The van der Waals surface area contributed by atoms with Gasteiger partial charge in [-0.05, 0) is 101 Å². The number of benzene rings is 3. The molecule has 0 bridgehead atoms. The van der Waals surface area contributed by atoms with Gasteiger partial charge in [-0.15, -0.1) is 0 Å². The lowest BCUT2D eigenvalue weighted by Gasteiger charge is -2.36. The Morgan fingerprint density at radius 2 is 1.66 bits per heavy atom. The number of hydrogen-bond acceptors (Lipinski definition) is 8. The minimum Gasteiger partial charge on any atom is -0.493 e. The quantitative estimate of drug-likeness (QED) is 0.119. The van der Waals surface area contributed by atoms with Crippen LogP contribution in [0.2, 0.25) is 0 Å². The van der Waals surface area contributed by atoms with Crippen LogP contribution in [0.4, 0.5) is 0 Å². The minimum absolute atomic E-state index is 0.0673. The molecular weight excluding hydrogens is 630 g/mol. The largest absolute Gasteiger partial charge is 0.493 e. The van der Waals surface area contributed by atoms with Crippen LogP contribution in [0, 0.1) is 18.3 Å². The van der Waals surface area contributed by atoms with Crippen LogP contribution in [0.1, 0.15) is 90.8 Å². The van der Waals surface area contributed by atoms with E-state index >= 15 is 0 Å². The Labute approximate surface area is 293 Å². The molecule has 2 aromatic heterocycles. The van der Waals surface area contributed by atoms with Gasteiger partial charge in [0.15, 0.2) is 11.5 Å². The summed E-state index contributed by atoms with van der Waals surface area (Å²) in [6.07, 6.45) is 3.51. The summed E-state index contributed by atoms with van der Waals surface area (Å²) in [4.78, 5) is 32.2. The fraction of sp³-hybridized carbons (Fsp3) is 0.357. The number of carbonyl (C=O) groups excluding carboxylic acids is 1. The van der Waals surface area contributed by atoms with Crippen molar-refractivity contribution < 1.29 is 28.2 Å². The van der Waals surface area contributed by atoms with Gasteiger partial charge in [-0.3, -0.25) is 0 Å². The average molecular weight is 676 g/mol. The van der Waals surface area contributed by atoms with Crippen LogP contribution in [0.15, 0.2) is 63.8 Å². The zero-order valence-corrected chi connectivity index (χ0v) is 30.4. The highest BCUT2D eigenvalue weighted by Gasteiger charge is 2.35. The zero-order chi connectivity index (χ0) is 35.9. The van der Waals surface area contributed by atoms with Crippen LogP contribution < -0.4 is 19.8 Å². The van der Waals surface area contributed by atoms with Gasteiger partial charge in [0.2, 0.25) is 5.75 Å². The smallest absolute Gasteiger partial charge is 0.339 e. The van der Waals surface area contributed by atoms with Gasteiger partial charge in [0.1, 0.15) is 12.2 Å². The Hall–Kier alpha value is -5.11. The molecule has 50 heavy (non-hydrogen) atoms. The number of ether oxygens (including phenoxy) is 4. The van der Waals surface area contributed by atoms with E-state index in [1.165, 1.54) is 6.07 Å². The van der Waals surface area contributed by atoms with Crippen molar-refractivity contribution in [1.29, 1.82) is 0 Å². The molecule has 0 aliphatic heterocycles. The van der Waals surface area contributed by atoms with Gasteiger partial charge >= 0.3 is 11.6 Å². The highest BCUT2D eigenvalue weighted by Crippen LogP contribution is 2.46. The van der Waals surface area contributed by atoms with Crippen LogP contribution in [-0.2, 0) is 17.8 Å². The van der Waals surface area contributed by atoms with Crippen molar-refractivity contribution in [3.8, 4) is 17.2 Å². The first kappa shape index (κ1) is 34.7. The molecule has 5 aromatic rings. The standard InChI is InChI=1S/C42H45NO7/c1-23(2)30-21-31-27(19-37(44)50-34(31)14-24(30)3)22-49-41(45)38-29-12-10-11-13-33(29)43-39-26(18-28(20-32(38)39)42(4,5)6)15-25-16-35(46-7)40(48-9)36(17-25)47-8/h10-17,19,21,23,28H,18,20,22H2,1-9H3/b26-15-. The Balaban J connectivity index is 1.49. The molecule has 0 saturated carbocycles. The molecule has 8 heteroatoms. The number of hydrogen-bond donors (Lipinski definition) is 0. The average Bonchev–Trinajstić information content (AvgIpc) is 3.07. The Morgan fingerprint density at radius 1 is 0.960 bits per heavy atom. The molecule has 2 heterocycles. The number of methoxy groups -OCH3 is 3. The molecule has 0 spiro atoms. The van der Waals surface area contributed by atoms with Crippen molar-refractivity contribution in [3.63, 3.8) is 0 Å². The van der Waals surface area contributed by atoms with E-state index in [4.69, 9.17) is 28.3 Å². The maximum absolute atomic E-state index is 14.4. The molecule has 0 radical (unpaired) electrons. The molecule has 1 aliphatic rings. The van der Waals surface area contributed by atoms with Gasteiger partial charge in [0, 0.05) is 22.4 Å². The predicted octanol–water partition coefficient (Wildman–Crippen LogP) is 9.30. The topological polar surface area (TPSA) is 97.1 Å². The zero-order valence-electron chi connectivity index (χ0n) is 30.4. The summed E-state index contributed by atoms with van der Waals surface area (Å²) in [6, 6.07) is 16.9. The third-order valence-electron chi connectivity index (χ3n) is 9.87. The number of esters is 1. The van der Waals surface area contributed by atoms with Gasteiger partial charge in [-0.25, -0.2) is 14.6 Å². The predicted molar refractivity (Wildman–Crippen MR) is 197 cm³/mol. The van der Waals surface area contributed by atoms with Crippen molar-refractivity contribution in [1.82, 2.24) is 4.98 Å². The maximum Gasteiger partial charge on any atom is 0.339 e. The lowest BCUT2D eigenvalue weighted by atomic mass is 9.69. The molecule has 1 atom stereocenters. The van der Waals surface area contributed by atoms with Crippen LogP contribution in [0.25, 0.3) is 33.5 Å². The second-order valence-electron chi connectivity index (χ2n) is 14.5. The van der Waals surface area contributed by atoms with E-state index in [-0.39, 0.29) is 23.9 Å². The first-order chi connectivity index (χ1) is 23.8. The number of carbonyl (C=O) groups is 1. The molecule has 3 aromatic carbocycles. The molecule has 0 saturated heterocycles. The molecular formula is C42H45NO7. The third kappa shape index (κ3) is 6.59. The van der Waals surface area contributed by atoms with Crippen LogP contribution in [-0.4, -0.2) is 32.3 Å². The summed E-state index contributed by atoms with van der Waals surface area (Å²) in [7, 11) is 4.78. The number of fused-ring (bicyclic) bond motifs is 3. The van der Waals surface area contributed by atoms with Crippen LogP contribution >= 0.6 is 0 Å². The molecule has 1 unspecified atom stereocenters. The fourth-order valence-electron chi connectivity index (χ4n) is 7.10. The van der Waals surface area contributed by atoms with E-state index in [0.717, 1.165) is 50.7 Å². The van der Waals surface area contributed by atoms with Crippen LogP contribution in [0.3, 0.4) is 0 Å². The molecule has 6 rings (SSSR count). The number of pyridine rings is 1. The summed E-state index contributed by atoms with van der Waals surface area (Å²) >= 11 is 0. The number of para-hydroxylation sites is 1. The first-order valence-corrected chi connectivity index (χ1v) is 17.0. The summed E-state index contributed by atoms with van der Waals surface area (Å²) in [6.45, 7) is 12.9. The molecule has 0 amide bonds. The summed E-state index contributed by atoms with van der Waals surface area (Å²) in [5, 5.41) is 1.49. The molecule has 1 aliphatic carbocycles. The molecule has 0 N–H and O–H groups in total. The number of nitrogens with zero attached hydrogens (tertiary/aromatic N) is 1. The van der Waals surface area contributed by atoms with E-state index < -0.39 is 11.6 Å². The third-order valence-corrected chi connectivity index (χ3v) is 9.87. The highest BCUT2D eigenvalue weighted by atomic mass is 16.5. The number of aromatic nitrogens is 1. The van der Waals surface area contributed by atoms with E-state index in [0.29, 0.717) is 45.9 Å². The number of rotatable bonds is 8. The van der Waals surface area contributed by atoms with E-state index in [1.807, 2.05) is 55.5 Å². The summed E-state index contributed by atoms with van der Waals surface area (Å²) < 4.78 is 28.5. The Kier molecular flexibility index (Phi) is 9.49.